The van der Waals surface area contributed by atoms with Crippen molar-refractivity contribution in [3.63, 3.8) is 0 Å². The van der Waals surface area contributed by atoms with E-state index in [0.717, 1.165) is 0 Å². The molecule has 1 aliphatic carbocycles. The minimum atomic E-state index is -4.28. The van der Waals surface area contributed by atoms with Gasteiger partial charge in [-0.25, -0.2) is 4.79 Å². The Labute approximate surface area is 126 Å². The number of carbonyl (C=O) groups excluding carboxylic acids is 1. The molecular formula is C14H20F3NO4. The Balaban J connectivity index is 2.02. The lowest BCUT2D eigenvalue weighted by Crippen LogP contribution is -2.46. The van der Waals surface area contributed by atoms with Crippen molar-refractivity contribution in [3.05, 3.63) is 0 Å². The maximum absolute atomic E-state index is 12.8. The molecule has 3 unspecified atom stereocenters. The molecule has 2 rings (SSSR count). The first-order valence-corrected chi connectivity index (χ1v) is 7.33. The molecule has 22 heavy (non-hydrogen) atoms. The van der Waals surface area contributed by atoms with Gasteiger partial charge >= 0.3 is 12.1 Å². The number of rotatable bonds is 3. The Morgan fingerprint density at radius 2 is 2.00 bits per heavy atom. The van der Waals surface area contributed by atoms with Gasteiger partial charge in [0.25, 0.3) is 0 Å². The van der Waals surface area contributed by atoms with Gasteiger partial charge < -0.3 is 14.7 Å². The first-order valence-electron chi connectivity index (χ1n) is 7.33. The van der Waals surface area contributed by atoms with Gasteiger partial charge in [0, 0.05) is 26.0 Å². The molecule has 3 atom stereocenters. The molecule has 0 radical (unpaired) electrons. The molecule has 1 aliphatic heterocycles. The minimum absolute atomic E-state index is 0.0599. The number of hydrogen-bond donors (Lipinski definition) is 1. The van der Waals surface area contributed by atoms with Gasteiger partial charge in [0.15, 0.2) is 5.60 Å². The number of aliphatic carboxylic acids is 1. The quantitative estimate of drug-likeness (QED) is 0.863. The lowest BCUT2D eigenvalue weighted by Gasteiger charge is -2.32. The monoisotopic (exact) mass is 323 g/mol. The first-order chi connectivity index (χ1) is 10.2. The van der Waals surface area contributed by atoms with Gasteiger partial charge in [-0.3, -0.25) is 4.79 Å². The van der Waals surface area contributed by atoms with Crippen molar-refractivity contribution in [2.45, 2.75) is 43.9 Å². The van der Waals surface area contributed by atoms with Crippen LogP contribution < -0.4 is 0 Å². The van der Waals surface area contributed by atoms with Crippen LogP contribution in [-0.4, -0.2) is 53.9 Å². The zero-order valence-corrected chi connectivity index (χ0v) is 12.4. The summed E-state index contributed by atoms with van der Waals surface area (Å²) in [5.41, 5.74) is -1.44. The Bertz CT molecular complexity index is 454. The van der Waals surface area contributed by atoms with Crippen molar-refractivity contribution in [2.75, 3.05) is 20.2 Å². The van der Waals surface area contributed by atoms with E-state index in [2.05, 4.69) is 0 Å². The van der Waals surface area contributed by atoms with Gasteiger partial charge in [0.1, 0.15) is 0 Å². The molecule has 1 saturated carbocycles. The number of likely N-dealkylation sites (tertiary alicyclic amines) is 1. The Morgan fingerprint density at radius 3 is 2.50 bits per heavy atom. The number of carboxylic acids is 1. The Morgan fingerprint density at radius 1 is 1.32 bits per heavy atom. The molecule has 1 amide bonds. The smallest absolute Gasteiger partial charge is 0.391 e. The van der Waals surface area contributed by atoms with Crippen LogP contribution in [-0.2, 0) is 14.3 Å². The third-order valence-electron chi connectivity index (χ3n) is 4.81. The number of alkyl halides is 3. The average Bonchev–Trinajstić information content (AvgIpc) is 2.91. The van der Waals surface area contributed by atoms with Crippen LogP contribution in [0.2, 0.25) is 0 Å². The second-order valence-electron chi connectivity index (χ2n) is 6.12. The molecule has 1 heterocycles. The predicted octanol–water partition coefficient (Wildman–Crippen LogP) is 2.06. The van der Waals surface area contributed by atoms with E-state index in [1.807, 2.05) is 0 Å². The highest BCUT2D eigenvalue weighted by molar-refractivity contribution is 5.83. The third-order valence-corrected chi connectivity index (χ3v) is 4.81. The molecule has 5 nitrogen and oxygen atoms in total. The van der Waals surface area contributed by atoms with E-state index >= 15 is 0 Å². The maximum atomic E-state index is 12.8. The predicted molar refractivity (Wildman–Crippen MR) is 70.1 cm³/mol. The number of hydrogen-bond acceptors (Lipinski definition) is 3. The van der Waals surface area contributed by atoms with E-state index in [0.29, 0.717) is 12.8 Å². The molecule has 1 saturated heterocycles. The number of carboxylic acid groups (broad SMARTS) is 1. The summed E-state index contributed by atoms with van der Waals surface area (Å²) in [4.78, 5) is 25.0. The fraction of sp³-hybridized carbons (Fsp3) is 0.857. The summed E-state index contributed by atoms with van der Waals surface area (Å²) in [5.74, 6) is -3.65. The number of nitrogens with zero attached hydrogens (tertiary/aromatic N) is 1. The number of amides is 1. The van der Waals surface area contributed by atoms with Gasteiger partial charge in [-0.15, -0.1) is 0 Å². The average molecular weight is 323 g/mol. The molecule has 0 aromatic rings. The van der Waals surface area contributed by atoms with E-state index < -0.39 is 29.6 Å². The summed E-state index contributed by atoms with van der Waals surface area (Å²) in [6.45, 7) is 0.0943. The van der Waals surface area contributed by atoms with Crippen molar-refractivity contribution in [2.24, 2.45) is 11.8 Å². The van der Waals surface area contributed by atoms with E-state index in [9.17, 15) is 27.9 Å². The van der Waals surface area contributed by atoms with E-state index in [4.69, 9.17) is 4.74 Å². The molecule has 2 fully saturated rings. The fourth-order valence-corrected chi connectivity index (χ4v) is 3.37. The van der Waals surface area contributed by atoms with Gasteiger partial charge in [0.05, 0.1) is 12.5 Å². The topological polar surface area (TPSA) is 66.8 Å². The number of halogens is 3. The van der Waals surface area contributed by atoms with Crippen LogP contribution in [0.1, 0.15) is 32.1 Å². The largest absolute Gasteiger partial charge is 0.479 e. The zero-order chi connectivity index (χ0) is 16.5. The molecule has 8 heteroatoms. The first kappa shape index (κ1) is 17.1. The van der Waals surface area contributed by atoms with Crippen LogP contribution in [0, 0.1) is 11.8 Å². The van der Waals surface area contributed by atoms with Crippen molar-refractivity contribution in [1.29, 1.82) is 0 Å². The molecular weight excluding hydrogens is 303 g/mol. The Kier molecular flexibility index (Phi) is 4.70. The standard InChI is InChI=1S/C14H20F3NO4/c1-22-13(12(20)21)5-6-18(8-13)11(19)9-3-2-4-10(7-9)14(15,16)17/h9-10H,2-8H2,1H3,(H,20,21). The summed E-state index contributed by atoms with van der Waals surface area (Å²) >= 11 is 0. The van der Waals surface area contributed by atoms with Crippen molar-refractivity contribution in [1.82, 2.24) is 4.90 Å². The van der Waals surface area contributed by atoms with Crippen LogP contribution in [0.5, 0.6) is 0 Å². The molecule has 126 valence electrons. The Hall–Kier alpha value is -1.31. The van der Waals surface area contributed by atoms with E-state index in [1.165, 1.54) is 12.0 Å². The fourth-order valence-electron chi connectivity index (χ4n) is 3.37. The number of ether oxygens (including phenoxy) is 1. The van der Waals surface area contributed by atoms with Crippen molar-refractivity contribution < 1.29 is 32.6 Å². The number of methoxy groups -OCH3 is 1. The van der Waals surface area contributed by atoms with Gasteiger partial charge in [-0.05, 0) is 19.3 Å². The molecule has 0 aromatic carbocycles. The summed E-state index contributed by atoms with van der Waals surface area (Å²) in [5, 5.41) is 9.21. The van der Waals surface area contributed by atoms with Crippen molar-refractivity contribution >= 4 is 11.9 Å². The summed E-state index contributed by atoms with van der Waals surface area (Å²) in [6.07, 6.45) is -3.48. The summed E-state index contributed by atoms with van der Waals surface area (Å²) in [7, 11) is 1.27. The van der Waals surface area contributed by atoms with Crippen LogP contribution in [0.15, 0.2) is 0 Å². The van der Waals surface area contributed by atoms with Gasteiger partial charge in [0.2, 0.25) is 5.91 Å². The normalized spacial score (nSPS) is 33.0. The highest BCUT2D eigenvalue weighted by Crippen LogP contribution is 2.41. The second kappa shape index (κ2) is 6.06. The summed E-state index contributed by atoms with van der Waals surface area (Å²) < 4.78 is 43.5. The van der Waals surface area contributed by atoms with E-state index in [-0.39, 0.29) is 38.3 Å². The molecule has 0 aromatic heterocycles. The van der Waals surface area contributed by atoms with Gasteiger partial charge in [-0.1, -0.05) is 6.42 Å². The van der Waals surface area contributed by atoms with Gasteiger partial charge in [-0.2, -0.15) is 13.2 Å². The van der Waals surface area contributed by atoms with Crippen LogP contribution in [0.4, 0.5) is 13.2 Å². The molecule has 0 bridgehead atoms. The SMILES string of the molecule is COC1(C(=O)O)CCN(C(=O)C2CCCC(C(F)(F)F)C2)C1. The molecule has 1 N–H and O–H groups in total. The maximum Gasteiger partial charge on any atom is 0.391 e. The minimum Gasteiger partial charge on any atom is -0.479 e. The second-order valence-corrected chi connectivity index (χ2v) is 6.12. The van der Waals surface area contributed by atoms with Crippen LogP contribution in [0.3, 0.4) is 0 Å². The van der Waals surface area contributed by atoms with Crippen LogP contribution in [0.25, 0.3) is 0 Å². The van der Waals surface area contributed by atoms with Crippen molar-refractivity contribution in [3.8, 4) is 0 Å². The van der Waals surface area contributed by atoms with E-state index in [1.54, 1.807) is 0 Å². The zero-order valence-electron chi connectivity index (χ0n) is 12.4. The highest BCUT2D eigenvalue weighted by atomic mass is 19.4. The third kappa shape index (κ3) is 3.21. The molecule has 0 spiro atoms. The summed E-state index contributed by atoms with van der Waals surface area (Å²) in [6, 6.07) is 0. The highest BCUT2D eigenvalue weighted by Gasteiger charge is 2.49. The van der Waals surface area contributed by atoms with Crippen LogP contribution >= 0.6 is 0 Å². The molecule has 2 aliphatic rings. The number of carbonyl (C=O) groups is 2. The lowest BCUT2D eigenvalue weighted by atomic mass is 9.80. The lowest BCUT2D eigenvalue weighted by molar-refractivity contribution is -0.187.